The number of aromatic amines is 1. The van der Waals surface area contributed by atoms with Crippen molar-refractivity contribution in [1.29, 1.82) is 5.26 Å². The minimum absolute atomic E-state index is 0.183. The second-order valence-electron chi connectivity index (χ2n) is 7.92. The number of pyridine rings is 1. The normalized spacial score (nSPS) is 11.8. The number of amides is 1. The Bertz CT molecular complexity index is 1140. The molecule has 0 saturated carbocycles. The van der Waals surface area contributed by atoms with Gasteiger partial charge in [0.2, 0.25) is 0 Å². The molecular weight excluding hydrogens is 404 g/mol. The Morgan fingerprint density at radius 1 is 1.28 bits per heavy atom. The van der Waals surface area contributed by atoms with Gasteiger partial charge in [0.1, 0.15) is 0 Å². The summed E-state index contributed by atoms with van der Waals surface area (Å²) in [7, 11) is 2.08. The van der Waals surface area contributed by atoms with E-state index in [0.29, 0.717) is 40.5 Å². The number of aromatic nitrogens is 3. The fourth-order valence-electron chi connectivity index (χ4n) is 3.19. The van der Waals surface area contributed by atoms with E-state index in [0.717, 1.165) is 19.5 Å². The zero-order valence-corrected chi connectivity index (χ0v) is 18.6. The van der Waals surface area contributed by atoms with E-state index in [2.05, 4.69) is 47.3 Å². The summed E-state index contributed by atoms with van der Waals surface area (Å²) < 4.78 is 1.32. The fraction of sp³-hybridized carbons (Fsp3) is 0.333. The lowest BCUT2D eigenvalue weighted by atomic mass is 10.1. The summed E-state index contributed by atoms with van der Waals surface area (Å²) in [4.78, 5) is 31.8. The summed E-state index contributed by atoms with van der Waals surface area (Å²) in [6.45, 7) is 6.85. The fourth-order valence-corrected chi connectivity index (χ4v) is 3.19. The summed E-state index contributed by atoms with van der Waals surface area (Å²) >= 11 is 0. The van der Waals surface area contributed by atoms with Crippen molar-refractivity contribution < 1.29 is 4.79 Å². The Balaban J connectivity index is 1.64. The molecule has 32 heavy (non-hydrogen) atoms. The van der Waals surface area contributed by atoms with Crippen LogP contribution in [0, 0.1) is 17.2 Å². The molecule has 0 spiro atoms. The van der Waals surface area contributed by atoms with Gasteiger partial charge in [0.15, 0.2) is 5.82 Å². The molecule has 8 nitrogen and oxygen atoms in total. The third-order valence-corrected chi connectivity index (χ3v) is 5.49. The number of benzene rings is 1. The molecule has 1 aromatic carbocycles. The van der Waals surface area contributed by atoms with Gasteiger partial charge < -0.3 is 10.2 Å². The number of nitrogens with one attached hydrogen (secondary N) is 2. The zero-order valence-electron chi connectivity index (χ0n) is 18.6. The lowest BCUT2D eigenvalue weighted by Crippen LogP contribution is -2.30. The predicted octanol–water partition coefficient (Wildman–Crippen LogP) is 2.81. The van der Waals surface area contributed by atoms with Crippen LogP contribution >= 0.6 is 0 Å². The standard InChI is InChI=1S/C24H28N6O2/c1-4-29(3)12-11-17(2)14-27-23(31)20-9-10-22(26-15-20)30-24(32)21(16-28-30)19-7-5-18(13-25)6-8-19/h5-10,15-17,28H,4,11-12,14H2,1-3H3,(H,27,31). The van der Waals surface area contributed by atoms with Gasteiger partial charge in [-0.05, 0) is 62.3 Å². The number of hydrogen-bond acceptors (Lipinski definition) is 5. The molecule has 0 saturated heterocycles. The Morgan fingerprint density at radius 2 is 2.03 bits per heavy atom. The van der Waals surface area contributed by atoms with Crippen molar-refractivity contribution in [2.75, 3.05) is 26.7 Å². The molecule has 8 heteroatoms. The average Bonchev–Trinajstić information content (AvgIpc) is 3.22. The maximum Gasteiger partial charge on any atom is 0.280 e. The summed E-state index contributed by atoms with van der Waals surface area (Å²) in [5.74, 6) is 0.581. The van der Waals surface area contributed by atoms with Crippen molar-refractivity contribution in [3.63, 3.8) is 0 Å². The van der Waals surface area contributed by atoms with Crippen LogP contribution in [-0.2, 0) is 0 Å². The van der Waals surface area contributed by atoms with Gasteiger partial charge >= 0.3 is 0 Å². The molecule has 0 aliphatic carbocycles. The zero-order chi connectivity index (χ0) is 23.1. The van der Waals surface area contributed by atoms with E-state index in [4.69, 9.17) is 5.26 Å². The number of hydrogen-bond donors (Lipinski definition) is 2. The van der Waals surface area contributed by atoms with Crippen molar-refractivity contribution in [2.45, 2.75) is 20.3 Å². The summed E-state index contributed by atoms with van der Waals surface area (Å²) in [5, 5.41) is 14.8. The van der Waals surface area contributed by atoms with Crippen LogP contribution in [0.15, 0.2) is 53.6 Å². The van der Waals surface area contributed by atoms with Crippen molar-refractivity contribution >= 4 is 5.91 Å². The van der Waals surface area contributed by atoms with Crippen molar-refractivity contribution in [1.82, 2.24) is 25.0 Å². The van der Waals surface area contributed by atoms with Crippen LogP contribution in [0.2, 0.25) is 0 Å². The molecule has 0 radical (unpaired) electrons. The van der Waals surface area contributed by atoms with E-state index in [9.17, 15) is 9.59 Å². The van der Waals surface area contributed by atoms with E-state index in [-0.39, 0.29) is 11.5 Å². The highest BCUT2D eigenvalue weighted by Crippen LogP contribution is 2.16. The maximum absolute atomic E-state index is 12.8. The van der Waals surface area contributed by atoms with Crippen LogP contribution < -0.4 is 10.9 Å². The third kappa shape index (κ3) is 5.50. The second-order valence-corrected chi connectivity index (χ2v) is 7.92. The smallest absolute Gasteiger partial charge is 0.280 e. The molecule has 3 rings (SSSR count). The van der Waals surface area contributed by atoms with Crippen LogP contribution in [-0.4, -0.2) is 52.3 Å². The number of H-pyrrole nitrogens is 1. The first-order valence-corrected chi connectivity index (χ1v) is 10.7. The molecule has 1 unspecified atom stereocenters. The predicted molar refractivity (Wildman–Crippen MR) is 124 cm³/mol. The second kappa shape index (κ2) is 10.6. The lowest BCUT2D eigenvalue weighted by Gasteiger charge is -2.17. The van der Waals surface area contributed by atoms with Crippen LogP contribution in [0.4, 0.5) is 0 Å². The molecule has 2 N–H and O–H groups in total. The highest BCUT2D eigenvalue weighted by atomic mass is 16.1. The monoisotopic (exact) mass is 432 g/mol. The number of nitrogens with zero attached hydrogens (tertiary/aromatic N) is 4. The van der Waals surface area contributed by atoms with Gasteiger partial charge in [-0.25, -0.2) is 9.67 Å². The van der Waals surface area contributed by atoms with Crippen molar-refractivity contribution in [3.05, 3.63) is 70.3 Å². The minimum atomic E-state index is -0.259. The summed E-state index contributed by atoms with van der Waals surface area (Å²) in [6, 6.07) is 12.1. The molecule has 0 bridgehead atoms. The Hall–Kier alpha value is -3.70. The van der Waals surface area contributed by atoms with E-state index >= 15 is 0 Å². The van der Waals surface area contributed by atoms with E-state index < -0.39 is 0 Å². The molecule has 3 aromatic rings. The molecule has 1 atom stereocenters. The molecule has 0 aliphatic heterocycles. The van der Waals surface area contributed by atoms with Crippen LogP contribution in [0.25, 0.3) is 16.9 Å². The first-order valence-electron chi connectivity index (χ1n) is 10.7. The largest absolute Gasteiger partial charge is 0.352 e. The van der Waals surface area contributed by atoms with Gasteiger partial charge in [0.05, 0.1) is 22.8 Å². The molecular formula is C24H28N6O2. The van der Waals surface area contributed by atoms with E-state index in [1.165, 1.54) is 10.9 Å². The first-order chi connectivity index (χ1) is 15.4. The number of rotatable bonds is 9. The topological polar surface area (TPSA) is 107 Å². The highest BCUT2D eigenvalue weighted by Gasteiger charge is 2.13. The van der Waals surface area contributed by atoms with Gasteiger partial charge in [0, 0.05) is 18.9 Å². The lowest BCUT2D eigenvalue weighted by molar-refractivity contribution is 0.0946. The van der Waals surface area contributed by atoms with Gasteiger partial charge in [-0.3, -0.25) is 14.7 Å². The first kappa shape index (κ1) is 23.0. The number of carbonyl (C=O) groups excluding carboxylic acids is 1. The van der Waals surface area contributed by atoms with Gasteiger partial charge in [-0.1, -0.05) is 26.0 Å². The molecule has 1 amide bonds. The quantitative estimate of drug-likeness (QED) is 0.541. The number of nitriles is 1. The molecule has 2 aromatic heterocycles. The SMILES string of the molecule is CCN(C)CCC(C)CNC(=O)c1ccc(-n2[nH]cc(-c3ccc(C#N)cc3)c2=O)nc1. The maximum atomic E-state index is 12.8. The van der Waals surface area contributed by atoms with Gasteiger partial charge in [-0.15, -0.1) is 0 Å². The number of carbonyl (C=O) groups is 1. The van der Waals surface area contributed by atoms with Crippen LogP contribution in [0.3, 0.4) is 0 Å². The van der Waals surface area contributed by atoms with Crippen LogP contribution in [0.5, 0.6) is 0 Å². The minimum Gasteiger partial charge on any atom is -0.352 e. The third-order valence-electron chi connectivity index (χ3n) is 5.49. The van der Waals surface area contributed by atoms with E-state index in [1.54, 1.807) is 42.6 Å². The molecule has 0 aliphatic rings. The highest BCUT2D eigenvalue weighted by molar-refractivity contribution is 5.93. The van der Waals surface area contributed by atoms with Gasteiger partial charge in [0.25, 0.3) is 11.5 Å². The average molecular weight is 433 g/mol. The Kier molecular flexibility index (Phi) is 7.58. The summed E-state index contributed by atoms with van der Waals surface area (Å²) in [6.07, 6.45) is 4.08. The van der Waals surface area contributed by atoms with Crippen molar-refractivity contribution in [3.8, 4) is 23.0 Å². The Morgan fingerprint density at radius 3 is 2.66 bits per heavy atom. The van der Waals surface area contributed by atoms with Gasteiger partial charge in [-0.2, -0.15) is 5.26 Å². The summed E-state index contributed by atoms with van der Waals surface area (Å²) in [5.41, 5.74) is 1.90. The molecule has 2 heterocycles. The van der Waals surface area contributed by atoms with E-state index in [1.807, 2.05) is 0 Å². The molecule has 166 valence electrons. The Labute approximate surface area is 187 Å². The molecule has 0 fully saturated rings. The van der Waals surface area contributed by atoms with Crippen LogP contribution in [0.1, 0.15) is 36.2 Å². The van der Waals surface area contributed by atoms with Crippen molar-refractivity contribution in [2.24, 2.45) is 5.92 Å².